The molecule has 0 aliphatic rings. The molecule has 0 saturated carbocycles. The zero-order valence-electron chi connectivity index (χ0n) is 17.1. The molecular formula is C22H31N3O2. The van der Waals surface area contributed by atoms with Gasteiger partial charge in [-0.3, -0.25) is 0 Å². The molecular weight excluding hydrogens is 338 g/mol. The fraction of sp³-hybridized carbons (Fsp3) is 0.409. The lowest BCUT2D eigenvalue weighted by Crippen LogP contribution is -2.32. The molecule has 2 amide bonds. The second-order valence-electron chi connectivity index (χ2n) is 6.67. The van der Waals surface area contributed by atoms with E-state index in [1.54, 1.807) is 0 Å². The van der Waals surface area contributed by atoms with E-state index in [9.17, 15) is 4.79 Å². The number of hydrogen-bond acceptors (Lipinski definition) is 3. The fourth-order valence-electron chi connectivity index (χ4n) is 3.03. The Morgan fingerprint density at radius 3 is 2.37 bits per heavy atom. The standard InChI is InChI=1S/C22H31N3O2/c1-6-25(7-2)19-9-10-20(17(4)15-19)24-22(26)23-12-13-27-21-11-8-16(3)14-18(21)5/h8-11,14-15H,6-7,12-13H2,1-5H3,(H2,23,24,26). The van der Waals surface area contributed by atoms with E-state index in [-0.39, 0.29) is 6.03 Å². The number of carbonyl (C=O) groups excluding carboxylic acids is 1. The van der Waals surface area contributed by atoms with Crippen LogP contribution >= 0.6 is 0 Å². The first-order valence-electron chi connectivity index (χ1n) is 9.55. The van der Waals surface area contributed by atoms with Crippen LogP contribution in [0.15, 0.2) is 36.4 Å². The Bertz CT molecular complexity index is 770. The van der Waals surface area contributed by atoms with Gasteiger partial charge in [0.05, 0.1) is 6.54 Å². The van der Waals surface area contributed by atoms with Gasteiger partial charge in [0.15, 0.2) is 0 Å². The number of anilines is 2. The average molecular weight is 370 g/mol. The van der Waals surface area contributed by atoms with E-state index in [0.717, 1.165) is 35.7 Å². The van der Waals surface area contributed by atoms with E-state index in [1.165, 1.54) is 11.3 Å². The first kappa shape index (κ1) is 20.6. The number of hydrogen-bond donors (Lipinski definition) is 2. The van der Waals surface area contributed by atoms with Crippen LogP contribution < -0.4 is 20.3 Å². The second-order valence-corrected chi connectivity index (χ2v) is 6.67. The smallest absolute Gasteiger partial charge is 0.319 e. The molecule has 146 valence electrons. The molecule has 0 atom stereocenters. The third kappa shape index (κ3) is 5.91. The molecule has 5 heteroatoms. The molecule has 0 spiro atoms. The van der Waals surface area contributed by atoms with Crippen LogP contribution in [0.4, 0.5) is 16.2 Å². The van der Waals surface area contributed by atoms with E-state index in [4.69, 9.17) is 4.74 Å². The van der Waals surface area contributed by atoms with Crippen LogP contribution in [0.3, 0.4) is 0 Å². The van der Waals surface area contributed by atoms with E-state index in [0.29, 0.717) is 13.2 Å². The first-order valence-corrected chi connectivity index (χ1v) is 9.55. The summed E-state index contributed by atoms with van der Waals surface area (Å²) in [5.41, 5.74) is 5.34. The molecule has 2 aromatic rings. The number of aryl methyl sites for hydroxylation is 3. The molecule has 0 aromatic heterocycles. The molecule has 0 radical (unpaired) electrons. The summed E-state index contributed by atoms with van der Waals surface area (Å²) in [6.07, 6.45) is 0. The summed E-state index contributed by atoms with van der Waals surface area (Å²) in [5.74, 6) is 0.852. The van der Waals surface area contributed by atoms with Crippen LogP contribution in [0.1, 0.15) is 30.5 Å². The van der Waals surface area contributed by atoms with Crippen molar-refractivity contribution in [2.24, 2.45) is 0 Å². The Morgan fingerprint density at radius 1 is 1.00 bits per heavy atom. The number of nitrogens with one attached hydrogen (secondary N) is 2. The largest absolute Gasteiger partial charge is 0.491 e. The Hall–Kier alpha value is -2.69. The number of carbonyl (C=O) groups is 1. The van der Waals surface area contributed by atoms with E-state index in [1.807, 2.05) is 38.1 Å². The third-order valence-electron chi connectivity index (χ3n) is 4.56. The predicted octanol–water partition coefficient (Wildman–Crippen LogP) is 4.66. The summed E-state index contributed by atoms with van der Waals surface area (Å²) in [4.78, 5) is 14.4. The Balaban J connectivity index is 1.81. The molecule has 27 heavy (non-hydrogen) atoms. The monoisotopic (exact) mass is 369 g/mol. The van der Waals surface area contributed by atoms with Gasteiger partial charge >= 0.3 is 6.03 Å². The molecule has 0 saturated heterocycles. The molecule has 0 fully saturated rings. The van der Waals surface area contributed by atoms with Crippen LogP contribution in [-0.4, -0.2) is 32.3 Å². The Morgan fingerprint density at radius 2 is 1.74 bits per heavy atom. The van der Waals surface area contributed by atoms with Gasteiger partial charge in [-0.25, -0.2) is 4.79 Å². The number of rotatable bonds is 8. The van der Waals surface area contributed by atoms with E-state index in [2.05, 4.69) is 48.4 Å². The fourth-order valence-corrected chi connectivity index (χ4v) is 3.03. The summed E-state index contributed by atoms with van der Waals surface area (Å²) in [6.45, 7) is 13.1. The summed E-state index contributed by atoms with van der Waals surface area (Å²) < 4.78 is 5.73. The van der Waals surface area contributed by atoms with Crippen molar-refractivity contribution in [1.82, 2.24) is 5.32 Å². The van der Waals surface area contributed by atoms with Gasteiger partial charge < -0.3 is 20.3 Å². The van der Waals surface area contributed by atoms with E-state index < -0.39 is 0 Å². The van der Waals surface area contributed by atoms with Crippen LogP contribution in [-0.2, 0) is 0 Å². The van der Waals surface area contributed by atoms with Gasteiger partial charge in [-0.05, 0) is 70.0 Å². The molecule has 5 nitrogen and oxygen atoms in total. The molecule has 0 aliphatic heterocycles. The summed E-state index contributed by atoms with van der Waals surface area (Å²) >= 11 is 0. The number of nitrogens with zero attached hydrogens (tertiary/aromatic N) is 1. The zero-order chi connectivity index (χ0) is 19.8. The maximum absolute atomic E-state index is 12.1. The molecule has 2 rings (SSSR count). The normalized spacial score (nSPS) is 10.4. The predicted molar refractivity (Wildman–Crippen MR) is 113 cm³/mol. The van der Waals surface area contributed by atoms with Crippen molar-refractivity contribution in [2.75, 3.05) is 36.5 Å². The second kappa shape index (κ2) is 9.86. The van der Waals surface area contributed by atoms with Crippen LogP contribution in [0.25, 0.3) is 0 Å². The number of ether oxygens (including phenoxy) is 1. The van der Waals surface area contributed by atoms with Gasteiger partial charge in [0.2, 0.25) is 0 Å². The molecule has 2 N–H and O–H groups in total. The highest BCUT2D eigenvalue weighted by Crippen LogP contribution is 2.22. The van der Waals surface area contributed by atoms with Crippen LogP contribution in [0.5, 0.6) is 5.75 Å². The van der Waals surface area contributed by atoms with Crippen molar-refractivity contribution in [3.05, 3.63) is 53.1 Å². The molecule has 2 aromatic carbocycles. The lowest BCUT2D eigenvalue weighted by molar-refractivity contribution is 0.247. The Kier molecular flexibility index (Phi) is 7.53. The average Bonchev–Trinajstić information content (AvgIpc) is 2.63. The maximum Gasteiger partial charge on any atom is 0.319 e. The van der Waals surface area contributed by atoms with Crippen molar-refractivity contribution in [2.45, 2.75) is 34.6 Å². The van der Waals surface area contributed by atoms with E-state index >= 15 is 0 Å². The van der Waals surface area contributed by atoms with Crippen molar-refractivity contribution in [3.63, 3.8) is 0 Å². The van der Waals surface area contributed by atoms with Gasteiger partial charge in [0.1, 0.15) is 12.4 Å². The van der Waals surface area contributed by atoms with Crippen molar-refractivity contribution in [1.29, 1.82) is 0 Å². The lowest BCUT2D eigenvalue weighted by atomic mass is 10.1. The van der Waals surface area contributed by atoms with Gasteiger partial charge in [-0.1, -0.05) is 17.7 Å². The minimum absolute atomic E-state index is 0.224. The quantitative estimate of drug-likeness (QED) is 0.666. The maximum atomic E-state index is 12.1. The van der Waals surface area contributed by atoms with Crippen LogP contribution in [0, 0.1) is 20.8 Å². The highest BCUT2D eigenvalue weighted by molar-refractivity contribution is 5.90. The van der Waals surface area contributed by atoms with Crippen molar-refractivity contribution < 1.29 is 9.53 Å². The van der Waals surface area contributed by atoms with Gasteiger partial charge in [-0.2, -0.15) is 0 Å². The minimum Gasteiger partial charge on any atom is -0.491 e. The lowest BCUT2D eigenvalue weighted by Gasteiger charge is -2.22. The summed E-state index contributed by atoms with van der Waals surface area (Å²) in [7, 11) is 0. The topological polar surface area (TPSA) is 53.6 Å². The van der Waals surface area contributed by atoms with Crippen LogP contribution in [0.2, 0.25) is 0 Å². The SMILES string of the molecule is CCN(CC)c1ccc(NC(=O)NCCOc2ccc(C)cc2C)c(C)c1. The molecule has 0 heterocycles. The zero-order valence-corrected chi connectivity index (χ0v) is 17.1. The first-order chi connectivity index (χ1) is 12.9. The number of amides is 2. The molecule has 0 bridgehead atoms. The summed E-state index contributed by atoms with van der Waals surface area (Å²) in [6, 6.07) is 11.9. The molecule has 0 unspecified atom stereocenters. The minimum atomic E-state index is -0.224. The number of benzene rings is 2. The van der Waals surface area contributed by atoms with Gasteiger partial charge in [-0.15, -0.1) is 0 Å². The van der Waals surface area contributed by atoms with Gasteiger partial charge in [0, 0.05) is 24.5 Å². The number of urea groups is 1. The molecule has 0 aliphatic carbocycles. The summed E-state index contributed by atoms with van der Waals surface area (Å²) in [5, 5.41) is 5.74. The third-order valence-corrected chi connectivity index (χ3v) is 4.56. The van der Waals surface area contributed by atoms with Crippen molar-refractivity contribution in [3.8, 4) is 5.75 Å². The van der Waals surface area contributed by atoms with Crippen molar-refractivity contribution >= 4 is 17.4 Å². The van der Waals surface area contributed by atoms with Gasteiger partial charge in [0.25, 0.3) is 0 Å². The Labute approximate surface area is 162 Å². The highest BCUT2D eigenvalue weighted by atomic mass is 16.5. The highest BCUT2D eigenvalue weighted by Gasteiger charge is 2.08.